The molecule has 0 radical (unpaired) electrons. The van der Waals surface area contributed by atoms with E-state index in [-0.39, 0.29) is 6.61 Å². The summed E-state index contributed by atoms with van der Waals surface area (Å²) in [6, 6.07) is 5.61. The van der Waals surface area contributed by atoms with Crippen molar-refractivity contribution >= 4 is 23.2 Å². The molecule has 0 aromatic heterocycles. The third-order valence-corrected chi connectivity index (χ3v) is 3.24. The smallest absolute Gasteiger partial charge is 0.0465 e. The van der Waals surface area contributed by atoms with Gasteiger partial charge in [0.1, 0.15) is 0 Å². The maximum Gasteiger partial charge on any atom is 0.0465 e. The number of aliphatic hydroxyl groups excluding tert-OH is 1. The first kappa shape index (κ1) is 14.8. The van der Waals surface area contributed by atoms with Crippen molar-refractivity contribution in [2.45, 2.75) is 25.8 Å². The highest BCUT2D eigenvalue weighted by molar-refractivity contribution is 6.35. The van der Waals surface area contributed by atoms with Gasteiger partial charge in [-0.2, -0.15) is 0 Å². The van der Waals surface area contributed by atoms with Crippen LogP contribution in [0, 0.1) is 0 Å². The fourth-order valence-corrected chi connectivity index (χ4v) is 2.16. The number of aliphatic hydroxyl groups is 1. The van der Waals surface area contributed by atoms with Crippen molar-refractivity contribution in [3.8, 4) is 0 Å². The molecule has 0 amide bonds. The molecule has 2 nitrogen and oxygen atoms in total. The monoisotopic (exact) mass is 275 g/mol. The fraction of sp³-hybridized carbons (Fsp3) is 0.538. The topological polar surface area (TPSA) is 23.5 Å². The van der Waals surface area contributed by atoms with Crippen molar-refractivity contribution in [1.82, 2.24) is 4.90 Å². The van der Waals surface area contributed by atoms with Crippen LogP contribution >= 0.6 is 23.2 Å². The van der Waals surface area contributed by atoms with Crippen LogP contribution in [0.15, 0.2) is 18.2 Å². The van der Waals surface area contributed by atoms with Crippen molar-refractivity contribution in [2.75, 3.05) is 20.2 Å². The molecule has 96 valence electrons. The lowest BCUT2D eigenvalue weighted by atomic mass is 10.2. The van der Waals surface area contributed by atoms with Crippen molar-refractivity contribution in [1.29, 1.82) is 0 Å². The molecule has 4 heteroatoms. The van der Waals surface area contributed by atoms with Gasteiger partial charge in [-0.3, -0.25) is 0 Å². The SMILES string of the molecule is CN(CCCCCO)Cc1ccc(Cl)cc1Cl. The molecular weight excluding hydrogens is 257 g/mol. The molecule has 0 fully saturated rings. The summed E-state index contributed by atoms with van der Waals surface area (Å²) in [5, 5.41) is 10.1. The van der Waals surface area contributed by atoms with E-state index in [0.717, 1.165) is 42.9 Å². The Labute approximate surface area is 113 Å². The van der Waals surface area contributed by atoms with E-state index in [1.54, 1.807) is 6.07 Å². The molecule has 0 saturated heterocycles. The van der Waals surface area contributed by atoms with Crippen LogP contribution < -0.4 is 0 Å². The van der Waals surface area contributed by atoms with E-state index < -0.39 is 0 Å². The molecule has 0 aliphatic carbocycles. The molecule has 0 saturated carbocycles. The lowest BCUT2D eigenvalue weighted by Gasteiger charge is -2.17. The summed E-state index contributed by atoms with van der Waals surface area (Å²) in [7, 11) is 2.07. The summed E-state index contributed by atoms with van der Waals surface area (Å²) in [4.78, 5) is 2.23. The van der Waals surface area contributed by atoms with Crippen LogP contribution in [0.4, 0.5) is 0 Å². The number of halogens is 2. The molecule has 1 N–H and O–H groups in total. The molecule has 0 aliphatic rings. The number of unbranched alkanes of at least 4 members (excludes halogenated alkanes) is 2. The Morgan fingerprint density at radius 3 is 2.59 bits per heavy atom. The predicted octanol–water partition coefficient (Wildman–Crippen LogP) is 3.59. The average Bonchev–Trinajstić information content (AvgIpc) is 2.28. The van der Waals surface area contributed by atoms with Crippen LogP contribution in [0.1, 0.15) is 24.8 Å². The van der Waals surface area contributed by atoms with Gasteiger partial charge >= 0.3 is 0 Å². The second-order valence-electron chi connectivity index (χ2n) is 4.26. The Bertz CT molecular complexity index is 344. The molecule has 1 aromatic rings. The summed E-state index contributed by atoms with van der Waals surface area (Å²) in [6.07, 6.45) is 3.05. The summed E-state index contributed by atoms with van der Waals surface area (Å²) >= 11 is 12.0. The summed E-state index contributed by atoms with van der Waals surface area (Å²) in [6.45, 7) is 2.13. The minimum atomic E-state index is 0.284. The predicted molar refractivity (Wildman–Crippen MR) is 73.7 cm³/mol. The number of benzene rings is 1. The van der Waals surface area contributed by atoms with Crippen molar-refractivity contribution < 1.29 is 5.11 Å². The molecular formula is C13H19Cl2NO. The molecule has 0 bridgehead atoms. The first-order valence-corrected chi connectivity index (χ1v) is 6.62. The van der Waals surface area contributed by atoms with E-state index in [1.807, 2.05) is 12.1 Å². The third-order valence-electron chi connectivity index (χ3n) is 2.65. The normalized spacial score (nSPS) is 11.1. The Balaban J connectivity index is 2.37. The quantitative estimate of drug-likeness (QED) is 0.769. The number of hydrogen-bond acceptors (Lipinski definition) is 2. The number of rotatable bonds is 7. The van der Waals surface area contributed by atoms with E-state index in [0.29, 0.717) is 5.02 Å². The van der Waals surface area contributed by atoms with Crippen molar-refractivity contribution in [3.63, 3.8) is 0 Å². The largest absolute Gasteiger partial charge is 0.396 e. The second-order valence-corrected chi connectivity index (χ2v) is 5.10. The Kier molecular flexibility index (Phi) is 6.90. The van der Waals surface area contributed by atoms with Gasteiger partial charge < -0.3 is 10.0 Å². The van der Waals surface area contributed by atoms with Crippen LogP contribution in [-0.2, 0) is 6.54 Å². The van der Waals surface area contributed by atoms with Gasteiger partial charge in [0.2, 0.25) is 0 Å². The standard InChI is InChI=1S/C13H19Cl2NO/c1-16(7-3-2-4-8-17)10-11-5-6-12(14)9-13(11)15/h5-6,9,17H,2-4,7-8,10H2,1H3. The first-order chi connectivity index (χ1) is 8.13. The van der Waals surface area contributed by atoms with Gasteiger partial charge in [-0.15, -0.1) is 0 Å². The molecule has 0 unspecified atom stereocenters. The number of nitrogens with zero attached hydrogens (tertiary/aromatic N) is 1. The van der Waals surface area contributed by atoms with E-state index in [2.05, 4.69) is 11.9 Å². The Morgan fingerprint density at radius 2 is 1.94 bits per heavy atom. The van der Waals surface area contributed by atoms with Crippen LogP contribution in [0.5, 0.6) is 0 Å². The van der Waals surface area contributed by atoms with Gasteiger partial charge in [0.15, 0.2) is 0 Å². The van der Waals surface area contributed by atoms with Gasteiger partial charge in [0.25, 0.3) is 0 Å². The zero-order valence-electron chi connectivity index (χ0n) is 10.1. The zero-order valence-corrected chi connectivity index (χ0v) is 11.6. The molecule has 0 aliphatic heterocycles. The molecule has 0 heterocycles. The highest BCUT2D eigenvalue weighted by Crippen LogP contribution is 2.22. The van der Waals surface area contributed by atoms with Crippen molar-refractivity contribution in [3.05, 3.63) is 33.8 Å². The average molecular weight is 276 g/mol. The minimum Gasteiger partial charge on any atom is -0.396 e. The van der Waals surface area contributed by atoms with Crippen molar-refractivity contribution in [2.24, 2.45) is 0 Å². The summed E-state index contributed by atoms with van der Waals surface area (Å²) < 4.78 is 0. The van der Waals surface area contributed by atoms with Crippen LogP contribution in [-0.4, -0.2) is 30.2 Å². The van der Waals surface area contributed by atoms with E-state index >= 15 is 0 Å². The maximum absolute atomic E-state index is 8.69. The maximum atomic E-state index is 8.69. The molecule has 17 heavy (non-hydrogen) atoms. The van der Waals surface area contributed by atoms with Gasteiger partial charge in [0, 0.05) is 23.2 Å². The lowest BCUT2D eigenvalue weighted by molar-refractivity contribution is 0.271. The molecule has 1 rings (SSSR count). The fourth-order valence-electron chi connectivity index (χ4n) is 1.69. The molecule has 1 aromatic carbocycles. The Morgan fingerprint density at radius 1 is 1.18 bits per heavy atom. The van der Waals surface area contributed by atoms with Gasteiger partial charge in [-0.25, -0.2) is 0 Å². The molecule has 0 atom stereocenters. The van der Waals surface area contributed by atoms with Crippen LogP contribution in [0.3, 0.4) is 0 Å². The van der Waals surface area contributed by atoms with E-state index in [9.17, 15) is 0 Å². The van der Waals surface area contributed by atoms with Gasteiger partial charge in [-0.1, -0.05) is 29.3 Å². The third kappa shape index (κ3) is 5.73. The van der Waals surface area contributed by atoms with Gasteiger partial charge in [-0.05, 0) is 50.6 Å². The first-order valence-electron chi connectivity index (χ1n) is 5.87. The highest BCUT2D eigenvalue weighted by atomic mass is 35.5. The Hall–Kier alpha value is -0.280. The number of hydrogen-bond donors (Lipinski definition) is 1. The van der Waals surface area contributed by atoms with E-state index in [1.165, 1.54) is 0 Å². The summed E-state index contributed by atoms with van der Waals surface area (Å²) in [5.41, 5.74) is 1.10. The second kappa shape index (κ2) is 7.93. The van der Waals surface area contributed by atoms with Crippen LogP contribution in [0.25, 0.3) is 0 Å². The van der Waals surface area contributed by atoms with E-state index in [4.69, 9.17) is 28.3 Å². The zero-order chi connectivity index (χ0) is 12.7. The lowest BCUT2D eigenvalue weighted by Crippen LogP contribution is -2.19. The van der Waals surface area contributed by atoms with Gasteiger partial charge in [0.05, 0.1) is 0 Å². The summed E-state index contributed by atoms with van der Waals surface area (Å²) in [5.74, 6) is 0. The molecule has 0 spiro atoms. The van der Waals surface area contributed by atoms with Crippen LogP contribution in [0.2, 0.25) is 10.0 Å². The highest BCUT2D eigenvalue weighted by Gasteiger charge is 2.04. The minimum absolute atomic E-state index is 0.284.